The van der Waals surface area contributed by atoms with E-state index in [0.717, 1.165) is 30.2 Å². The molecule has 1 spiro atoms. The molecule has 2 aliphatic rings. The maximum Gasteiger partial charge on any atom is 0.229 e. The molecule has 2 fully saturated rings. The van der Waals surface area contributed by atoms with Crippen LogP contribution in [0.25, 0.3) is 0 Å². The van der Waals surface area contributed by atoms with Crippen molar-refractivity contribution in [3.05, 3.63) is 53.7 Å². The molecule has 0 aliphatic carbocycles. The molecule has 2 saturated heterocycles. The van der Waals surface area contributed by atoms with Gasteiger partial charge >= 0.3 is 0 Å². The number of hydrogen-bond donors (Lipinski definition) is 1. The molecular formula is C30H40ClN6OP. The van der Waals surface area contributed by atoms with Crippen molar-refractivity contribution in [2.24, 2.45) is 5.41 Å². The Bertz CT molecular complexity index is 1290. The third kappa shape index (κ3) is 6.11. The van der Waals surface area contributed by atoms with Crippen LogP contribution in [0.3, 0.4) is 0 Å². The summed E-state index contributed by atoms with van der Waals surface area (Å²) in [6.07, 6.45) is 6.83. The van der Waals surface area contributed by atoms with Crippen molar-refractivity contribution in [2.45, 2.75) is 25.7 Å². The molecule has 1 aromatic heterocycles. The van der Waals surface area contributed by atoms with E-state index >= 15 is 0 Å². The molecule has 3 heterocycles. The number of aromatic nitrogens is 2. The second-order valence-corrected chi connectivity index (χ2v) is 13.8. The minimum Gasteiger partial charge on any atom is -0.494 e. The number of para-hydroxylation sites is 1. The van der Waals surface area contributed by atoms with Gasteiger partial charge in [-0.25, -0.2) is 4.98 Å². The predicted molar refractivity (Wildman–Crippen MR) is 167 cm³/mol. The van der Waals surface area contributed by atoms with Crippen molar-refractivity contribution in [3.63, 3.8) is 0 Å². The van der Waals surface area contributed by atoms with Gasteiger partial charge in [0.25, 0.3) is 0 Å². The summed E-state index contributed by atoms with van der Waals surface area (Å²) >= 11 is 6.58. The van der Waals surface area contributed by atoms with Crippen LogP contribution < -0.4 is 25.2 Å². The van der Waals surface area contributed by atoms with Gasteiger partial charge in [-0.1, -0.05) is 37.7 Å². The lowest BCUT2D eigenvalue weighted by molar-refractivity contribution is 0.0945. The van der Waals surface area contributed by atoms with E-state index in [4.69, 9.17) is 21.3 Å². The highest BCUT2D eigenvalue weighted by atomic mass is 35.5. The minimum atomic E-state index is -0.286. The van der Waals surface area contributed by atoms with Crippen molar-refractivity contribution < 1.29 is 4.74 Å². The number of rotatable bonds is 7. The highest BCUT2D eigenvalue weighted by Crippen LogP contribution is 2.43. The average Bonchev–Trinajstić information content (AvgIpc) is 2.96. The molecule has 0 bridgehead atoms. The SMILES string of the molecule is COc1cc(N2CCC3(CCN(C)CC3)CC2)ccc1Nc1ncc(Cl)c(N(C)c2ccccc2P(C)C)n1. The third-order valence-electron chi connectivity index (χ3n) is 8.44. The van der Waals surface area contributed by atoms with E-state index in [2.05, 4.69) is 76.9 Å². The fourth-order valence-corrected chi connectivity index (χ4v) is 7.11. The molecule has 5 rings (SSSR count). The molecule has 0 amide bonds. The molecule has 39 heavy (non-hydrogen) atoms. The number of nitrogens with zero attached hydrogens (tertiary/aromatic N) is 5. The van der Waals surface area contributed by atoms with Crippen molar-refractivity contribution in [1.82, 2.24) is 14.9 Å². The normalized spacial score (nSPS) is 17.5. The van der Waals surface area contributed by atoms with Crippen LogP contribution in [-0.2, 0) is 0 Å². The Morgan fingerprint density at radius 2 is 1.72 bits per heavy atom. The molecular weight excluding hydrogens is 527 g/mol. The van der Waals surface area contributed by atoms with Crippen LogP contribution in [0.15, 0.2) is 48.7 Å². The van der Waals surface area contributed by atoms with E-state index in [1.165, 1.54) is 49.8 Å². The summed E-state index contributed by atoms with van der Waals surface area (Å²) in [5, 5.41) is 5.17. The Balaban J connectivity index is 1.32. The molecule has 7 nitrogen and oxygen atoms in total. The molecule has 0 radical (unpaired) electrons. The summed E-state index contributed by atoms with van der Waals surface area (Å²) in [4.78, 5) is 16.3. The van der Waals surface area contributed by atoms with Gasteiger partial charge in [-0.3, -0.25) is 0 Å². The Labute approximate surface area is 239 Å². The van der Waals surface area contributed by atoms with Gasteiger partial charge in [-0.15, -0.1) is 0 Å². The van der Waals surface area contributed by atoms with Crippen molar-refractivity contribution in [3.8, 4) is 5.75 Å². The Kier molecular flexibility index (Phi) is 8.51. The summed E-state index contributed by atoms with van der Waals surface area (Å²) in [5.74, 6) is 1.90. The number of halogens is 1. The summed E-state index contributed by atoms with van der Waals surface area (Å²) in [6.45, 7) is 9.14. The zero-order chi connectivity index (χ0) is 27.6. The molecule has 0 saturated carbocycles. The molecule has 0 unspecified atom stereocenters. The number of ether oxygens (including phenoxy) is 1. The van der Waals surface area contributed by atoms with Gasteiger partial charge in [0.15, 0.2) is 5.82 Å². The predicted octanol–water partition coefficient (Wildman–Crippen LogP) is 6.33. The van der Waals surface area contributed by atoms with Crippen LogP contribution in [0.2, 0.25) is 5.02 Å². The van der Waals surface area contributed by atoms with Crippen molar-refractivity contribution in [1.29, 1.82) is 0 Å². The zero-order valence-corrected chi connectivity index (χ0v) is 25.4. The number of nitrogens with one attached hydrogen (secondary N) is 1. The first-order valence-corrected chi connectivity index (χ1v) is 16.3. The Morgan fingerprint density at radius 1 is 1.03 bits per heavy atom. The smallest absolute Gasteiger partial charge is 0.229 e. The first-order chi connectivity index (χ1) is 18.8. The highest BCUT2D eigenvalue weighted by Gasteiger charge is 2.37. The second kappa shape index (κ2) is 11.9. The van der Waals surface area contributed by atoms with Gasteiger partial charge in [0.1, 0.15) is 10.8 Å². The van der Waals surface area contributed by atoms with Crippen LogP contribution in [0.5, 0.6) is 5.75 Å². The van der Waals surface area contributed by atoms with Gasteiger partial charge in [0.05, 0.1) is 19.0 Å². The van der Waals surface area contributed by atoms with Crippen molar-refractivity contribution >= 4 is 53.7 Å². The van der Waals surface area contributed by atoms with Crippen molar-refractivity contribution in [2.75, 3.05) is 75.8 Å². The summed E-state index contributed by atoms with van der Waals surface area (Å²) in [5.41, 5.74) is 3.66. The fourth-order valence-electron chi connectivity index (χ4n) is 5.83. The topological polar surface area (TPSA) is 56.8 Å². The Hall–Kier alpha value is -2.60. The lowest BCUT2D eigenvalue weighted by Crippen LogP contribution is -2.46. The maximum atomic E-state index is 6.58. The van der Waals surface area contributed by atoms with Gasteiger partial charge in [0.2, 0.25) is 5.95 Å². The monoisotopic (exact) mass is 566 g/mol. The summed E-state index contributed by atoms with van der Waals surface area (Å²) in [7, 11) is 5.66. The number of hydrogen-bond acceptors (Lipinski definition) is 7. The quantitative estimate of drug-likeness (QED) is 0.335. The van der Waals surface area contributed by atoms with E-state index in [0.29, 0.717) is 22.2 Å². The summed E-state index contributed by atoms with van der Waals surface area (Å²) < 4.78 is 5.80. The van der Waals surface area contributed by atoms with E-state index < -0.39 is 0 Å². The van der Waals surface area contributed by atoms with E-state index in [1.54, 1.807) is 13.3 Å². The zero-order valence-electron chi connectivity index (χ0n) is 23.7. The number of piperidine rings is 2. The van der Waals surface area contributed by atoms with Crippen LogP contribution in [0.1, 0.15) is 25.7 Å². The standard InChI is InChI=1S/C30H40ClN6OP/c1-35-16-12-30(13-17-35)14-18-37(19-15-30)22-10-11-24(26(20-22)38-3)33-29-32-21-23(31)28(34-29)36(2)25-8-6-7-9-27(25)39(4)5/h6-11,20-21H,12-19H2,1-5H3,(H,32,33,34). The van der Waals surface area contributed by atoms with Crippen LogP contribution in [0, 0.1) is 5.41 Å². The third-order valence-corrected chi connectivity index (χ3v) is 10.0. The highest BCUT2D eigenvalue weighted by molar-refractivity contribution is 7.64. The van der Waals surface area contributed by atoms with Gasteiger partial charge < -0.3 is 24.8 Å². The molecule has 0 atom stereocenters. The molecule has 1 N–H and O–H groups in total. The Morgan fingerprint density at radius 3 is 2.41 bits per heavy atom. The largest absolute Gasteiger partial charge is 0.494 e. The summed E-state index contributed by atoms with van der Waals surface area (Å²) in [6, 6.07) is 14.8. The molecule has 3 aromatic rings. The molecule has 2 aliphatic heterocycles. The first-order valence-electron chi connectivity index (χ1n) is 13.7. The van der Waals surface area contributed by atoms with E-state index in [9.17, 15) is 0 Å². The average molecular weight is 567 g/mol. The second-order valence-electron chi connectivity index (χ2n) is 11.1. The lowest BCUT2D eigenvalue weighted by Gasteiger charge is -2.47. The van der Waals surface area contributed by atoms with Gasteiger partial charge in [-0.05, 0) is 88.1 Å². The molecule has 2 aromatic carbocycles. The van der Waals surface area contributed by atoms with Crippen LogP contribution in [0.4, 0.5) is 28.8 Å². The number of likely N-dealkylation sites (tertiary alicyclic amines) is 1. The maximum absolute atomic E-state index is 6.58. The van der Waals surface area contributed by atoms with Crippen LogP contribution in [-0.4, -0.2) is 75.6 Å². The minimum absolute atomic E-state index is 0.286. The van der Waals surface area contributed by atoms with E-state index in [-0.39, 0.29) is 7.92 Å². The van der Waals surface area contributed by atoms with Gasteiger partial charge in [-0.2, -0.15) is 4.98 Å². The lowest BCUT2D eigenvalue weighted by atomic mass is 9.71. The molecule has 9 heteroatoms. The molecule has 208 valence electrons. The number of benzene rings is 2. The number of anilines is 5. The van der Waals surface area contributed by atoms with Gasteiger partial charge in [0, 0.05) is 37.6 Å². The van der Waals surface area contributed by atoms with E-state index in [1.807, 2.05) is 18.0 Å². The fraction of sp³-hybridized carbons (Fsp3) is 0.467. The van der Waals surface area contributed by atoms with Crippen LogP contribution >= 0.6 is 19.5 Å². The first kappa shape index (κ1) is 27.9. The number of methoxy groups -OCH3 is 1.